The van der Waals surface area contributed by atoms with Gasteiger partial charge in [-0.05, 0) is 41.8 Å². The van der Waals surface area contributed by atoms with Crippen LogP contribution >= 0.6 is 19.2 Å². The fraction of sp³-hybridized carbons (Fsp3) is 0. The third kappa shape index (κ3) is 7.24. The molecule has 0 aliphatic carbocycles. The Morgan fingerprint density at radius 1 is 0.886 bits per heavy atom. The second kappa shape index (κ2) is 11.4. The van der Waals surface area contributed by atoms with Crippen LogP contribution in [0.1, 0.15) is 0 Å². The quantitative estimate of drug-likeness (QED) is 0.0976. The number of hydrogen-bond acceptors (Lipinski definition) is 11. The largest absolute Gasteiger partial charge is 1.00 e. The normalized spacial score (nSPS) is 12.4. The van der Waals surface area contributed by atoms with Gasteiger partial charge in [0.15, 0.2) is 5.75 Å². The molecular weight excluding hydrogens is 573 g/mol. The van der Waals surface area contributed by atoms with Gasteiger partial charge in [-0.2, -0.15) is 0 Å². The molecule has 0 saturated heterocycles. The topological polar surface area (TPSA) is 237 Å². The fourth-order valence-corrected chi connectivity index (χ4v) is 4.93. The molecule has 13 nitrogen and oxygen atoms in total. The molecule has 0 bridgehead atoms. The Balaban J connectivity index is 0.00000306. The summed E-state index contributed by atoms with van der Waals surface area (Å²) in [5, 5.41) is 25.7. The SMILES string of the molecule is O=P(O)(O)c1cc(Cl)ccc1N=Nc1c(S(=O)(=O)[O-])cc2cc(S(=O)(=O)[O-])cc(O)c2c1O.[Na+].[Na+]. The summed E-state index contributed by atoms with van der Waals surface area (Å²) in [4.78, 5) is 16.7. The molecule has 0 atom stereocenters. The van der Waals surface area contributed by atoms with Crippen molar-refractivity contribution in [2.24, 2.45) is 10.2 Å². The molecule has 3 aromatic rings. The van der Waals surface area contributed by atoms with Crippen LogP contribution in [0.15, 0.2) is 56.4 Å². The summed E-state index contributed by atoms with van der Waals surface area (Å²) in [5.74, 6) is -2.10. The van der Waals surface area contributed by atoms with E-state index in [1.165, 1.54) is 6.07 Å². The zero-order valence-electron chi connectivity index (χ0n) is 17.6. The molecular formula is C16H10ClN2Na2O11PS2. The number of halogens is 1. The van der Waals surface area contributed by atoms with Crippen LogP contribution in [0.2, 0.25) is 5.02 Å². The molecule has 0 saturated carbocycles. The number of rotatable bonds is 5. The third-order valence-electron chi connectivity index (χ3n) is 4.17. The van der Waals surface area contributed by atoms with Gasteiger partial charge in [0.2, 0.25) is 0 Å². The molecule has 3 rings (SSSR count). The van der Waals surface area contributed by atoms with Crippen LogP contribution in [0.25, 0.3) is 10.8 Å². The number of nitrogens with zero attached hydrogens (tertiary/aromatic N) is 2. The minimum atomic E-state index is -5.41. The van der Waals surface area contributed by atoms with Crippen LogP contribution in [0.4, 0.5) is 11.4 Å². The molecule has 0 fully saturated rings. The molecule has 0 unspecified atom stereocenters. The zero-order chi connectivity index (χ0) is 24.9. The van der Waals surface area contributed by atoms with Crippen molar-refractivity contribution >= 4 is 66.9 Å². The molecule has 35 heavy (non-hydrogen) atoms. The van der Waals surface area contributed by atoms with E-state index >= 15 is 0 Å². The predicted molar refractivity (Wildman–Crippen MR) is 111 cm³/mol. The number of phenolic OH excluding ortho intramolecular Hbond substituents is 2. The molecule has 0 aliphatic rings. The molecule has 0 amide bonds. The maximum Gasteiger partial charge on any atom is 1.00 e. The summed E-state index contributed by atoms with van der Waals surface area (Å²) in [6.45, 7) is 0. The van der Waals surface area contributed by atoms with Crippen LogP contribution in [-0.2, 0) is 24.8 Å². The van der Waals surface area contributed by atoms with Gasteiger partial charge in [-0.15, -0.1) is 10.2 Å². The van der Waals surface area contributed by atoms with Crippen molar-refractivity contribution < 1.29 is 110 Å². The van der Waals surface area contributed by atoms with E-state index in [1.807, 2.05) is 0 Å². The van der Waals surface area contributed by atoms with Crippen LogP contribution < -0.4 is 64.4 Å². The molecule has 0 aromatic heterocycles. The second-order valence-electron chi connectivity index (χ2n) is 6.40. The number of benzene rings is 3. The van der Waals surface area contributed by atoms with Gasteiger partial charge in [-0.1, -0.05) is 11.6 Å². The Kier molecular flexibility index (Phi) is 10.6. The molecule has 0 heterocycles. The van der Waals surface area contributed by atoms with Gasteiger partial charge in [0.1, 0.15) is 37.4 Å². The summed E-state index contributed by atoms with van der Waals surface area (Å²) in [6.07, 6.45) is 0. The first kappa shape index (κ1) is 32.4. The van der Waals surface area contributed by atoms with Crippen molar-refractivity contribution in [1.29, 1.82) is 0 Å². The smallest absolute Gasteiger partial charge is 0.744 e. The number of azo groups is 1. The summed E-state index contributed by atoms with van der Waals surface area (Å²) in [7, 11) is -15.4. The van der Waals surface area contributed by atoms with E-state index in [9.17, 15) is 50.5 Å². The molecule has 3 aromatic carbocycles. The van der Waals surface area contributed by atoms with Gasteiger partial charge in [-0.3, -0.25) is 4.57 Å². The van der Waals surface area contributed by atoms with Crippen molar-refractivity contribution in [2.75, 3.05) is 0 Å². The number of phenols is 2. The monoisotopic (exact) mass is 582 g/mol. The second-order valence-corrected chi connectivity index (χ2v) is 11.1. The maximum absolute atomic E-state index is 11.7. The van der Waals surface area contributed by atoms with Crippen molar-refractivity contribution in [3.8, 4) is 11.5 Å². The van der Waals surface area contributed by atoms with Crippen LogP contribution in [0.3, 0.4) is 0 Å². The summed E-state index contributed by atoms with van der Waals surface area (Å²) in [5.41, 5.74) is -1.50. The first-order valence-electron chi connectivity index (χ1n) is 8.22. The molecule has 0 radical (unpaired) electrons. The number of aromatic hydroxyl groups is 2. The van der Waals surface area contributed by atoms with E-state index in [1.54, 1.807) is 0 Å². The Morgan fingerprint density at radius 2 is 1.49 bits per heavy atom. The number of hydrogen-bond donors (Lipinski definition) is 4. The third-order valence-corrected chi connectivity index (χ3v) is 7.05. The van der Waals surface area contributed by atoms with Crippen LogP contribution in [0.5, 0.6) is 11.5 Å². The van der Waals surface area contributed by atoms with E-state index in [-0.39, 0.29) is 64.1 Å². The van der Waals surface area contributed by atoms with Gasteiger partial charge >= 0.3 is 66.7 Å². The Bertz CT molecular complexity index is 1610. The van der Waals surface area contributed by atoms with Crippen LogP contribution in [-0.4, -0.2) is 45.9 Å². The van der Waals surface area contributed by atoms with Crippen molar-refractivity contribution in [1.82, 2.24) is 0 Å². The van der Waals surface area contributed by atoms with Gasteiger partial charge in [-0.25, -0.2) is 16.8 Å². The Hall–Kier alpha value is -0.620. The summed E-state index contributed by atoms with van der Waals surface area (Å²) >= 11 is 5.71. The van der Waals surface area contributed by atoms with Crippen molar-refractivity contribution in [3.63, 3.8) is 0 Å². The molecule has 19 heteroatoms. The number of fused-ring (bicyclic) bond motifs is 1. The zero-order valence-corrected chi connectivity index (χ0v) is 24.9. The van der Waals surface area contributed by atoms with Crippen molar-refractivity contribution in [2.45, 2.75) is 9.79 Å². The molecule has 176 valence electrons. The Labute approximate surface area is 247 Å². The standard InChI is InChI=1S/C16H12ClN2O11PS2.2Na/c17-8-1-2-10(12(5-8)31(22,23)24)18-19-15-13(33(28,29)30)4-7-3-9(32(25,26)27)6-11(20)14(7)16(15)21;;/h1-6,20-21H,(H2,22,23,24)(H,25,26,27)(H,28,29,30);;/q;2*+1/p-2. The fourth-order valence-electron chi connectivity index (χ4n) is 2.79. The van der Waals surface area contributed by atoms with Crippen LogP contribution in [0, 0.1) is 0 Å². The van der Waals surface area contributed by atoms with E-state index < -0.39 is 76.6 Å². The first-order chi connectivity index (χ1) is 15.0. The van der Waals surface area contributed by atoms with Gasteiger partial charge in [0.05, 0.1) is 20.5 Å². The van der Waals surface area contributed by atoms with Gasteiger partial charge in [0, 0.05) is 5.02 Å². The Morgan fingerprint density at radius 3 is 2.00 bits per heavy atom. The first-order valence-corrected chi connectivity index (χ1v) is 13.0. The molecule has 0 aliphatic heterocycles. The van der Waals surface area contributed by atoms with E-state index in [2.05, 4.69) is 10.2 Å². The molecule has 4 N–H and O–H groups in total. The van der Waals surface area contributed by atoms with Gasteiger partial charge in [0.25, 0.3) is 0 Å². The average Bonchev–Trinajstić information content (AvgIpc) is 2.65. The van der Waals surface area contributed by atoms with E-state index in [4.69, 9.17) is 11.6 Å². The summed E-state index contributed by atoms with van der Waals surface area (Å²) in [6, 6.07) is 4.73. The van der Waals surface area contributed by atoms with Gasteiger partial charge < -0.3 is 29.1 Å². The van der Waals surface area contributed by atoms with Crippen molar-refractivity contribution in [3.05, 3.63) is 41.4 Å². The molecule has 0 spiro atoms. The maximum atomic E-state index is 11.7. The van der Waals surface area contributed by atoms with E-state index in [0.29, 0.717) is 18.2 Å². The minimum absolute atomic E-state index is 0. The van der Waals surface area contributed by atoms with E-state index in [0.717, 1.165) is 12.1 Å². The predicted octanol–water partition coefficient (Wildman–Crippen LogP) is -4.06. The average molecular weight is 583 g/mol. The minimum Gasteiger partial charge on any atom is -0.744 e. The summed E-state index contributed by atoms with van der Waals surface area (Å²) < 4.78 is 80.6.